The summed E-state index contributed by atoms with van der Waals surface area (Å²) in [4.78, 5) is 33.7. The first-order valence-corrected chi connectivity index (χ1v) is 7.50. The first-order valence-electron chi connectivity index (χ1n) is 7.50. The molecular formula is C14H25N3O4. The monoisotopic (exact) mass is 299 g/mol. The number of hydrogen-bond donors (Lipinski definition) is 3. The number of carbonyl (C=O) groups is 3. The van der Waals surface area contributed by atoms with Crippen LogP contribution in [0.3, 0.4) is 0 Å². The van der Waals surface area contributed by atoms with E-state index in [2.05, 4.69) is 10.7 Å². The first-order chi connectivity index (χ1) is 9.90. The number of aliphatic carboxylic acids is 1. The molecule has 0 radical (unpaired) electrons. The van der Waals surface area contributed by atoms with Crippen molar-refractivity contribution in [3.63, 3.8) is 0 Å². The Morgan fingerprint density at radius 3 is 2.24 bits per heavy atom. The Balaban J connectivity index is 2.25. The third-order valence-corrected chi connectivity index (χ3v) is 3.72. The molecule has 1 heterocycles. The molecule has 7 heteroatoms. The molecular weight excluding hydrogens is 274 g/mol. The molecule has 3 N–H and O–H groups in total. The van der Waals surface area contributed by atoms with Crippen LogP contribution < -0.4 is 10.7 Å². The van der Waals surface area contributed by atoms with E-state index in [9.17, 15) is 14.4 Å². The van der Waals surface area contributed by atoms with E-state index in [0.29, 0.717) is 12.8 Å². The second-order valence-corrected chi connectivity index (χ2v) is 5.63. The number of unbranched alkanes of at least 4 members (excludes halogenated alkanes) is 1. The van der Waals surface area contributed by atoms with Gasteiger partial charge in [0.2, 0.25) is 5.91 Å². The Hall–Kier alpha value is -1.63. The van der Waals surface area contributed by atoms with Crippen LogP contribution in [-0.4, -0.2) is 40.1 Å². The third kappa shape index (κ3) is 6.57. The molecule has 0 bridgehead atoms. The average Bonchev–Trinajstić information content (AvgIpc) is 2.39. The number of piperidine rings is 1. The lowest BCUT2D eigenvalue weighted by Crippen LogP contribution is -2.57. The molecule has 1 rings (SSSR count). The predicted octanol–water partition coefficient (Wildman–Crippen LogP) is 1.64. The number of carbonyl (C=O) groups excluding carboxylic acids is 2. The largest absolute Gasteiger partial charge is 0.481 e. The van der Waals surface area contributed by atoms with Crippen LogP contribution in [-0.2, 0) is 9.59 Å². The lowest BCUT2D eigenvalue weighted by molar-refractivity contribution is -0.137. The third-order valence-electron chi connectivity index (χ3n) is 3.72. The summed E-state index contributed by atoms with van der Waals surface area (Å²) in [5, 5.41) is 12.6. The Morgan fingerprint density at radius 1 is 1.10 bits per heavy atom. The fraction of sp³-hybridized carbons (Fsp3) is 0.786. The topological polar surface area (TPSA) is 98.7 Å². The number of hydrazine groups is 1. The zero-order valence-electron chi connectivity index (χ0n) is 12.7. The van der Waals surface area contributed by atoms with E-state index >= 15 is 0 Å². The van der Waals surface area contributed by atoms with Gasteiger partial charge in [-0.25, -0.2) is 9.80 Å². The van der Waals surface area contributed by atoms with E-state index in [1.165, 1.54) is 0 Å². The van der Waals surface area contributed by atoms with Crippen LogP contribution in [0.1, 0.15) is 58.8 Å². The van der Waals surface area contributed by atoms with Gasteiger partial charge >= 0.3 is 12.0 Å². The summed E-state index contributed by atoms with van der Waals surface area (Å²) in [6, 6.07) is -0.00540. The number of carboxylic acid groups (broad SMARTS) is 1. The number of amides is 3. The molecule has 120 valence electrons. The maximum Gasteiger partial charge on any atom is 0.335 e. The molecule has 2 unspecified atom stereocenters. The maximum absolute atomic E-state index is 11.8. The number of rotatable bonds is 6. The van der Waals surface area contributed by atoms with Gasteiger partial charge in [-0.2, -0.15) is 0 Å². The summed E-state index contributed by atoms with van der Waals surface area (Å²) >= 11 is 0. The lowest BCUT2D eigenvalue weighted by atomic mass is 10.00. The molecule has 0 spiro atoms. The lowest BCUT2D eigenvalue weighted by Gasteiger charge is -2.38. The number of imide groups is 1. The Kier molecular flexibility index (Phi) is 7.14. The van der Waals surface area contributed by atoms with Crippen LogP contribution in [0.5, 0.6) is 0 Å². The fourth-order valence-electron chi connectivity index (χ4n) is 2.54. The molecule has 0 aromatic carbocycles. The molecule has 3 amide bonds. The normalized spacial score (nSPS) is 22.6. The van der Waals surface area contributed by atoms with E-state index in [1.54, 1.807) is 0 Å². The van der Waals surface area contributed by atoms with Gasteiger partial charge in [-0.1, -0.05) is 6.42 Å². The van der Waals surface area contributed by atoms with Gasteiger partial charge in [-0.15, -0.1) is 0 Å². The quantitative estimate of drug-likeness (QED) is 0.647. The highest BCUT2D eigenvalue weighted by atomic mass is 16.4. The van der Waals surface area contributed by atoms with Gasteiger partial charge in [0.1, 0.15) is 0 Å². The predicted molar refractivity (Wildman–Crippen MR) is 77.4 cm³/mol. The molecule has 1 aliphatic heterocycles. The molecule has 0 aromatic rings. The molecule has 21 heavy (non-hydrogen) atoms. The second-order valence-electron chi connectivity index (χ2n) is 5.63. The van der Waals surface area contributed by atoms with Crippen molar-refractivity contribution in [3.8, 4) is 0 Å². The van der Waals surface area contributed by atoms with Crippen molar-refractivity contribution >= 4 is 17.9 Å². The summed E-state index contributed by atoms with van der Waals surface area (Å²) in [5.41, 5.74) is 2.73. The Morgan fingerprint density at radius 2 is 1.67 bits per heavy atom. The number of nitrogens with one attached hydrogen (secondary N) is 2. The molecule has 2 atom stereocenters. The fourth-order valence-corrected chi connectivity index (χ4v) is 2.54. The van der Waals surface area contributed by atoms with Crippen LogP contribution in [0.25, 0.3) is 0 Å². The molecule has 1 aliphatic rings. The van der Waals surface area contributed by atoms with E-state index in [0.717, 1.165) is 19.3 Å². The minimum absolute atomic E-state index is 0.0439. The molecule has 7 nitrogen and oxygen atoms in total. The SMILES string of the molecule is CC1CCCC(C)N1NC(=O)NC(=O)CCCCC(=O)O. The van der Waals surface area contributed by atoms with Crippen molar-refractivity contribution in [2.45, 2.75) is 70.9 Å². The summed E-state index contributed by atoms with van der Waals surface area (Å²) < 4.78 is 0. The first kappa shape index (κ1) is 17.4. The van der Waals surface area contributed by atoms with Gasteiger partial charge in [0.15, 0.2) is 0 Å². The number of nitrogens with zero attached hydrogens (tertiary/aromatic N) is 1. The number of carboxylic acids is 1. The highest BCUT2D eigenvalue weighted by molar-refractivity contribution is 5.94. The minimum Gasteiger partial charge on any atom is -0.481 e. The molecule has 0 aliphatic carbocycles. The Bertz CT molecular complexity index is 376. The molecule has 0 saturated carbocycles. The second kappa shape index (κ2) is 8.61. The highest BCUT2D eigenvalue weighted by Crippen LogP contribution is 2.19. The molecule has 0 aromatic heterocycles. The van der Waals surface area contributed by atoms with Gasteiger partial charge in [0.05, 0.1) is 0 Å². The van der Waals surface area contributed by atoms with Gasteiger partial charge in [-0.05, 0) is 39.5 Å². The van der Waals surface area contributed by atoms with Gasteiger partial charge < -0.3 is 5.11 Å². The van der Waals surface area contributed by atoms with Crippen LogP contribution in [0.15, 0.2) is 0 Å². The molecule has 1 fully saturated rings. The zero-order chi connectivity index (χ0) is 15.8. The Labute approximate surface area is 125 Å². The van der Waals surface area contributed by atoms with Crippen molar-refractivity contribution in [2.75, 3.05) is 0 Å². The highest BCUT2D eigenvalue weighted by Gasteiger charge is 2.26. The number of hydrogen-bond acceptors (Lipinski definition) is 4. The van der Waals surface area contributed by atoms with Gasteiger partial charge in [0.25, 0.3) is 0 Å². The van der Waals surface area contributed by atoms with E-state index in [4.69, 9.17) is 5.11 Å². The van der Waals surface area contributed by atoms with Crippen molar-refractivity contribution < 1.29 is 19.5 Å². The van der Waals surface area contributed by atoms with Crippen LogP contribution >= 0.6 is 0 Å². The maximum atomic E-state index is 11.8. The van der Waals surface area contributed by atoms with Crippen LogP contribution in [0.2, 0.25) is 0 Å². The van der Waals surface area contributed by atoms with Crippen LogP contribution in [0, 0.1) is 0 Å². The smallest absolute Gasteiger partial charge is 0.335 e. The van der Waals surface area contributed by atoms with Crippen molar-refractivity contribution in [1.29, 1.82) is 0 Å². The zero-order valence-corrected chi connectivity index (χ0v) is 12.7. The average molecular weight is 299 g/mol. The molecule has 1 saturated heterocycles. The standard InChI is InChI=1S/C14H25N3O4/c1-10-6-5-7-11(2)17(10)16-14(21)15-12(18)8-3-4-9-13(19)20/h10-11H,3-9H2,1-2H3,(H,19,20)(H2,15,16,18,21). The van der Waals surface area contributed by atoms with Crippen molar-refractivity contribution in [1.82, 2.24) is 15.8 Å². The van der Waals surface area contributed by atoms with Crippen molar-refractivity contribution in [3.05, 3.63) is 0 Å². The minimum atomic E-state index is -0.874. The van der Waals surface area contributed by atoms with Crippen LogP contribution in [0.4, 0.5) is 4.79 Å². The summed E-state index contributed by atoms with van der Waals surface area (Å²) in [6.45, 7) is 4.09. The summed E-state index contributed by atoms with van der Waals surface area (Å²) in [5.74, 6) is -1.25. The summed E-state index contributed by atoms with van der Waals surface area (Å²) in [7, 11) is 0. The number of urea groups is 1. The summed E-state index contributed by atoms with van der Waals surface area (Å²) in [6.07, 6.45) is 4.28. The van der Waals surface area contributed by atoms with E-state index in [1.807, 2.05) is 18.9 Å². The van der Waals surface area contributed by atoms with Crippen molar-refractivity contribution in [2.24, 2.45) is 0 Å². The van der Waals surface area contributed by atoms with E-state index in [-0.39, 0.29) is 30.8 Å². The van der Waals surface area contributed by atoms with Gasteiger partial charge in [-0.3, -0.25) is 20.3 Å². The van der Waals surface area contributed by atoms with Gasteiger partial charge in [0, 0.05) is 24.9 Å². The van der Waals surface area contributed by atoms with E-state index < -0.39 is 12.0 Å².